The van der Waals surface area contributed by atoms with Gasteiger partial charge >= 0.3 is 0 Å². The van der Waals surface area contributed by atoms with Gasteiger partial charge in [-0.15, -0.1) is 11.3 Å². The van der Waals surface area contributed by atoms with Gasteiger partial charge in [-0.1, -0.05) is 30.3 Å². The zero-order chi connectivity index (χ0) is 29.1. The van der Waals surface area contributed by atoms with E-state index < -0.39 is 0 Å². The first-order chi connectivity index (χ1) is 20.5. The first-order valence-corrected chi connectivity index (χ1v) is 15.6. The van der Waals surface area contributed by atoms with Gasteiger partial charge in [0, 0.05) is 47.1 Å². The largest absolute Gasteiger partial charge is 0.378 e. The minimum absolute atomic E-state index is 0.113. The lowest BCUT2D eigenvalue weighted by atomic mass is 10.2. The van der Waals surface area contributed by atoms with E-state index in [2.05, 4.69) is 31.1 Å². The van der Waals surface area contributed by atoms with Crippen LogP contribution in [0.15, 0.2) is 81.5 Å². The van der Waals surface area contributed by atoms with Crippen LogP contribution in [0.3, 0.4) is 0 Å². The number of nitrogens with zero attached hydrogens (tertiary/aromatic N) is 4. The number of pyridine rings is 1. The molecule has 4 heterocycles. The number of anilines is 2. The predicted octanol–water partition coefficient (Wildman–Crippen LogP) is 5.18. The van der Waals surface area contributed by atoms with Crippen LogP contribution in [0.2, 0.25) is 0 Å². The van der Waals surface area contributed by atoms with Gasteiger partial charge in [-0.3, -0.25) is 14.4 Å². The molecule has 9 nitrogen and oxygen atoms in total. The Bertz CT molecular complexity index is 1630. The highest BCUT2D eigenvalue weighted by molar-refractivity contribution is 9.10. The Morgan fingerprint density at radius 2 is 1.81 bits per heavy atom. The van der Waals surface area contributed by atoms with E-state index in [1.807, 2.05) is 54.6 Å². The van der Waals surface area contributed by atoms with Crippen molar-refractivity contribution in [2.75, 3.05) is 43.1 Å². The molecule has 42 heavy (non-hydrogen) atoms. The van der Waals surface area contributed by atoms with E-state index in [1.165, 1.54) is 11.3 Å². The van der Waals surface area contributed by atoms with E-state index in [1.54, 1.807) is 27.1 Å². The van der Waals surface area contributed by atoms with Crippen molar-refractivity contribution in [2.24, 2.45) is 0 Å². The Hall–Kier alpha value is -3.80. The molecule has 4 aromatic rings. The van der Waals surface area contributed by atoms with Crippen molar-refractivity contribution in [3.63, 3.8) is 0 Å². The first kappa shape index (κ1) is 28.3. The van der Waals surface area contributed by atoms with Crippen LogP contribution < -0.4 is 15.8 Å². The molecule has 2 aliphatic rings. The van der Waals surface area contributed by atoms with Crippen molar-refractivity contribution in [3.8, 4) is 0 Å². The fraction of sp³-hybridized carbons (Fsp3) is 0.290. The molecule has 11 heteroatoms. The molecule has 2 saturated heterocycles. The molecule has 2 aliphatic heterocycles. The monoisotopic (exact) mass is 647 g/mol. The fourth-order valence-corrected chi connectivity index (χ4v) is 6.81. The fourth-order valence-electron chi connectivity index (χ4n) is 5.39. The van der Waals surface area contributed by atoms with Crippen molar-refractivity contribution < 1.29 is 14.3 Å². The number of aromatic nitrogens is 2. The van der Waals surface area contributed by atoms with Crippen LogP contribution in [0, 0.1) is 0 Å². The minimum Gasteiger partial charge on any atom is -0.378 e. The number of ether oxygens (including phenoxy) is 1. The predicted molar refractivity (Wildman–Crippen MR) is 166 cm³/mol. The highest BCUT2D eigenvalue weighted by Gasteiger charge is 2.34. The molecule has 2 aromatic carbocycles. The number of hydrogen-bond donors (Lipinski definition) is 1. The molecule has 2 amide bonds. The van der Waals surface area contributed by atoms with Crippen LogP contribution in [0.1, 0.15) is 50.3 Å². The molecule has 1 N–H and O–H groups in total. The van der Waals surface area contributed by atoms with Crippen molar-refractivity contribution in [2.45, 2.75) is 25.4 Å². The smallest absolute Gasteiger partial charge is 0.275 e. The van der Waals surface area contributed by atoms with E-state index >= 15 is 0 Å². The van der Waals surface area contributed by atoms with Crippen molar-refractivity contribution in [1.29, 1.82) is 0 Å². The number of likely N-dealkylation sites (tertiary alicyclic amines) is 1. The summed E-state index contributed by atoms with van der Waals surface area (Å²) in [5, 5.41) is 5.33. The van der Waals surface area contributed by atoms with Crippen molar-refractivity contribution in [3.05, 3.63) is 109 Å². The average Bonchev–Trinajstić information content (AvgIpc) is 3.70. The summed E-state index contributed by atoms with van der Waals surface area (Å²) in [6.07, 6.45) is 3.21. The molecule has 6 rings (SSSR count). The third kappa shape index (κ3) is 6.18. The van der Waals surface area contributed by atoms with Crippen LogP contribution in [0.25, 0.3) is 0 Å². The molecule has 1 atom stereocenters. The Morgan fingerprint density at radius 3 is 2.57 bits per heavy atom. The standard InChI is InChI=1S/C31H30BrN5O4S/c32-22-17-25(30(39)36(19-22)18-21-5-2-1-3-6-21)31(40)37-12-4-7-27(37)29-34-26(20-42-29)28(38)33-23-8-10-24(11-9-23)35-13-15-41-16-14-35/h1-3,5-6,8-11,17,19-20,27H,4,7,12-16,18H2,(H,33,38)/t27-/m1/s1. The van der Waals surface area contributed by atoms with Crippen LogP contribution in [0.5, 0.6) is 0 Å². The second kappa shape index (κ2) is 12.6. The molecule has 0 aliphatic carbocycles. The second-order valence-corrected chi connectivity index (χ2v) is 12.1. The van der Waals surface area contributed by atoms with E-state index in [0.29, 0.717) is 47.2 Å². The first-order valence-electron chi connectivity index (χ1n) is 13.9. The number of carbonyl (C=O) groups is 2. The topological polar surface area (TPSA) is 96.8 Å². The number of nitrogens with one attached hydrogen (secondary N) is 1. The third-order valence-corrected chi connectivity index (χ3v) is 8.91. The van der Waals surface area contributed by atoms with Gasteiger partial charge in [0.2, 0.25) is 0 Å². The summed E-state index contributed by atoms with van der Waals surface area (Å²) in [5.74, 6) is -0.629. The highest BCUT2D eigenvalue weighted by Crippen LogP contribution is 2.35. The number of rotatable bonds is 7. The zero-order valence-corrected chi connectivity index (χ0v) is 25.3. The lowest BCUT2D eigenvalue weighted by Crippen LogP contribution is -2.36. The van der Waals surface area contributed by atoms with Gasteiger partial charge in [0.15, 0.2) is 0 Å². The van der Waals surface area contributed by atoms with Crippen LogP contribution in [-0.4, -0.2) is 59.1 Å². The molecule has 0 unspecified atom stereocenters. The Balaban J connectivity index is 1.15. The molecular formula is C31H30BrN5O4S. The minimum atomic E-state index is -0.337. The van der Waals surface area contributed by atoms with E-state index in [0.717, 1.165) is 37.2 Å². The number of carbonyl (C=O) groups excluding carboxylic acids is 2. The molecule has 0 saturated carbocycles. The molecule has 0 radical (unpaired) electrons. The Morgan fingerprint density at radius 1 is 1.05 bits per heavy atom. The van der Waals surface area contributed by atoms with Gasteiger partial charge < -0.3 is 24.4 Å². The maximum atomic E-state index is 13.7. The quantitative estimate of drug-likeness (QED) is 0.297. The summed E-state index contributed by atoms with van der Waals surface area (Å²) in [6, 6.07) is 18.7. The SMILES string of the molecule is O=C(Nc1ccc(N2CCOCC2)cc1)c1csc([C@H]2CCCN2C(=O)c2cc(Br)cn(Cc3ccccc3)c2=O)n1. The van der Waals surface area contributed by atoms with Gasteiger partial charge in [-0.2, -0.15) is 0 Å². The van der Waals surface area contributed by atoms with Gasteiger partial charge in [0.1, 0.15) is 16.3 Å². The number of thiazole rings is 1. The number of morpholine rings is 1. The maximum Gasteiger partial charge on any atom is 0.275 e. The molecule has 0 spiro atoms. The van der Waals surface area contributed by atoms with E-state index in [4.69, 9.17) is 4.74 Å². The molecular weight excluding hydrogens is 618 g/mol. The number of halogens is 1. The van der Waals surface area contributed by atoms with Crippen LogP contribution in [0.4, 0.5) is 11.4 Å². The average molecular weight is 649 g/mol. The van der Waals surface area contributed by atoms with E-state index in [-0.39, 0.29) is 29.0 Å². The van der Waals surface area contributed by atoms with Crippen molar-refractivity contribution in [1.82, 2.24) is 14.5 Å². The summed E-state index contributed by atoms with van der Waals surface area (Å²) in [5.41, 5.74) is 2.83. The van der Waals surface area contributed by atoms with Gasteiger partial charge in [0.25, 0.3) is 17.4 Å². The Labute approximate surface area is 255 Å². The van der Waals surface area contributed by atoms with Crippen LogP contribution in [-0.2, 0) is 11.3 Å². The van der Waals surface area contributed by atoms with Crippen molar-refractivity contribution >= 4 is 50.5 Å². The van der Waals surface area contributed by atoms with Crippen LogP contribution >= 0.6 is 27.3 Å². The van der Waals surface area contributed by atoms with E-state index in [9.17, 15) is 14.4 Å². The lowest BCUT2D eigenvalue weighted by molar-refractivity contribution is 0.0733. The summed E-state index contributed by atoms with van der Waals surface area (Å²) in [4.78, 5) is 48.7. The summed E-state index contributed by atoms with van der Waals surface area (Å²) in [6.45, 7) is 4.00. The zero-order valence-electron chi connectivity index (χ0n) is 22.9. The molecule has 2 aromatic heterocycles. The Kier molecular flexibility index (Phi) is 8.50. The summed E-state index contributed by atoms with van der Waals surface area (Å²) in [7, 11) is 0. The maximum absolute atomic E-state index is 13.7. The third-order valence-electron chi connectivity index (χ3n) is 7.53. The highest BCUT2D eigenvalue weighted by atomic mass is 79.9. The summed E-state index contributed by atoms with van der Waals surface area (Å²) >= 11 is 4.83. The number of hydrogen-bond acceptors (Lipinski definition) is 7. The number of amides is 2. The normalized spacial score (nSPS) is 16.9. The van der Waals surface area contributed by atoms with Gasteiger partial charge in [-0.05, 0) is 64.7 Å². The lowest BCUT2D eigenvalue weighted by Gasteiger charge is -2.28. The number of benzene rings is 2. The summed E-state index contributed by atoms with van der Waals surface area (Å²) < 4.78 is 7.63. The molecule has 216 valence electrons. The second-order valence-electron chi connectivity index (χ2n) is 10.3. The van der Waals surface area contributed by atoms with Gasteiger partial charge in [-0.25, -0.2) is 4.98 Å². The molecule has 0 bridgehead atoms. The molecule has 2 fully saturated rings. The van der Waals surface area contributed by atoms with Gasteiger partial charge in [0.05, 0.1) is 25.8 Å².